The first kappa shape index (κ1) is 17.5. The summed E-state index contributed by atoms with van der Waals surface area (Å²) in [6, 6.07) is 11.1. The van der Waals surface area contributed by atoms with Gasteiger partial charge in [0.1, 0.15) is 11.4 Å². The van der Waals surface area contributed by atoms with Crippen molar-refractivity contribution in [2.45, 2.75) is 18.9 Å². The largest absolute Gasteiger partial charge is 0.466 e. The molecule has 0 bridgehead atoms. The summed E-state index contributed by atoms with van der Waals surface area (Å²) < 4.78 is 5.87. The minimum atomic E-state index is -1.58. The zero-order chi connectivity index (χ0) is 20.0. The number of H-pyrrole nitrogens is 1. The van der Waals surface area contributed by atoms with Gasteiger partial charge in [-0.3, -0.25) is 9.59 Å². The summed E-state index contributed by atoms with van der Waals surface area (Å²) in [4.78, 5) is 35.0. The van der Waals surface area contributed by atoms with E-state index in [1.54, 1.807) is 23.2 Å². The molecular formula is C22H20N4O3. The molecule has 0 aliphatic carbocycles. The summed E-state index contributed by atoms with van der Waals surface area (Å²) in [7, 11) is 0. The van der Waals surface area contributed by atoms with Gasteiger partial charge in [-0.05, 0) is 43.2 Å². The smallest absolute Gasteiger partial charge is 0.278 e. The van der Waals surface area contributed by atoms with Gasteiger partial charge in [0.2, 0.25) is 0 Å². The van der Waals surface area contributed by atoms with Crippen molar-refractivity contribution in [3.63, 3.8) is 0 Å². The molecule has 1 unspecified atom stereocenters. The number of hydrogen-bond donors (Lipinski definition) is 2. The van der Waals surface area contributed by atoms with Crippen LogP contribution in [0.25, 0.3) is 16.6 Å². The van der Waals surface area contributed by atoms with Crippen LogP contribution in [0.15, 0.2) is 54.9 Å². The predicted octanol–water partition coefficient (Wildman–Crippen LogP) is 2.97. The molecule has 2 aromatic heterocycles. The average Bonchev–Trinajstić information content (AvgIpc) is 3.18. The number of pyridine rings is 1. The Bertz CT molecular complexity index is 1170. The number of rotatable bonds is 2. The zero-order valence-electron chi connectivity index (χ0n) is 15.9. The minimum absolute atomic E-state index is 0.333. The third-order valence-electron chi connectivity index (χ3n) is 5.58. The molecule has 0 spiro atoms. The second kappa shape index (κ2) is 6.48. The third kappa shape index (κ3) is 2.77. The van der Waals surface area contributed by atoms with Crippen molar-refractivity contribution in [2.24, 2.45) is 0 Å². The number of hydrogen-bond acceptors (Lipinski definition) is 4. The number of para-hydroxylation sites is 2. The molecule has 5 rings (SSSR count). The van der Waals surface area contributed by atoms with E-state index in [9.17, 15) is 9.59 Å². The summed E-state index contributed by atoms with van der Waals surface area (Å²) >= 11 is 0. The molecule has 2 aliphatic heterocycles. The van der Waals surface area contributed by atoms with Crippen molar-refractivity contribution in [2.75, 3.05) is 18.4 Å². The molecule has 4 heterocycles. The van der Waals surface area contributed by atoms with Crippen LogP contribution in [0.5, 0.6) is 5.75 Å². The van der Waals surface area contributed by atoms with Crippen molar-refractivity contribution in [1.82, 2.24) is 14.9 Å². The van der Waals surface area contributed by atoms with E-state index in [-0.39, 0.29) is 5.91 Å². The Kier molecular flexibility index (Phi) is 3.91. The van der Waals surface area contributed by atoms with Crippen molar-refractivity contribution in [3.8, 4) is 5.75 Å². The first-order chi connectivity index (χ1) is 14.1. The Labute approximate surface area is 167 Å². The lowest BCUT2D eigenvalue weighted by Gasteiger charge is -2.38. The Morgan fingerprint density at radius 3 is 2.93 bits per heavy atom. The SMILES string of the molecule is CC1(C(=O)N2CC=C(c3c[nH]c4ncccc34)CC2)Oc2ccccc2NC1=O. The van der Waals surface area contributed by atoms with Gasteiger partial charge in [0.05, 0.1) is 5.69 Å². The number of carbonyl (C=O) groups excluding carboxylic acids is 2. The fraction of sp³-hybridized carbons (Fsp3) is 0.227. The van der Waals surface area contributed by atoms with E-state index in [0.717, 1.165) is 22.2 Å². The number of aromatic nitrogens is 2. The summed E-state index contributed by atoms with van der Waals surface area (Å²) in [6.07, 6.45) is 6.44. The molecule has 2 amide bonds. The molecule has 1 atom stereocenters. The first-order valence-electron chi connectivity index (χ1n) is 9.56. The highest BCUT2D eigenvalue weighted by atomic mass is 16.5. The average molecular weight is 388 g/mol. The number of ether oxygens (including phenoxy) is 1. The van der Waals surface area contributed by atoms with E-state index in [1.807, 2.05) is 36.5 Å². The van der Waals surface area contributed by atoms with Crippen LogP contribution in [0.2, 0.25) is 0 Å². The normalized spacial score (nSPS) is 21.2. The molecule has 146 valence electrons. The van der Waals surface area contributed by atoms with Gasteiger partial charge in [-0.2, -0.15) is 0 Å². The number of benzene rings is 1. The summed E-state index contributed by atoms with van der Waals surface area (Å²) in [5.41, 5.74) is 2.12. The fourth-order valence-electron chi connectivity index (χ4n) is 3.93. The Morgan fingerprint density at radius 1 is 1.24 bits per heavy atom. The Balaban J connectivity index is 1.38. The van der Waals surface area contributed by atoms with Crippen LogP contribution in [-0.4, -0.2) is 45.4 Å². The van der Waals surface area contributed by atoms with Gasteiger partial charge in [-0.25, -0.2) is 4.98 Å². The standard InChI is InChI=1S/C22H20N4O3/c1-22(20(27)25-17-6-2-3-7-18(17)29-22)21(28)26-11-8-14(9-12-26)16-13-24-19-15(16)5-4-10-23-19/h2-8,10,13H,9,11-12H2,1H3,(H,23,24)(H,25,27). The maximum atomic E-state index is 13.2. The van der Waals surface area contributed by atoms with E-state index in [0.29, 0.717) is 30.9 Å². The monoisotopic (exact) mass is 388 g/mol. The number of amides is 2. The van der Waals surface area contributed by atoms with Gasteiger partial charge < -0.3 is 19.9 Å². The second-order valence-electron chi connectivity index (χ2n) is 7.42. The number of anilines is 1. The molecule has 29 heavy (non-hydrogen) atoms. The van der Waals surface area contributed by atoms with Gasteiger partial charge in [0.25, 0.3) is 17.4 Å². The summed E-state index contributed by atoms with van der Waals surface area (Å²) in [5, 5.41) is 3.85. The predicted molar refractivity (Wildman–Crippen MR) is 109 cm³/mol. The van der Waals surface area contributed by atoms with Crippen molar-refractivity contribution in [1.29, 1.82) is 0 Å². The lowest BCUT2D eigenvalue weighted by atomic mass is 9.96. The zero-order valence-corrected chi connectivity index (χ0v) is 15.9. The van der Waals surface area contributed by atoms with Crippen LogP contribution < -0.4 is 10.1 Å². The fourth-order valence-corrected chi connectivity index (χ4v) is 3.93. The number of fused-ring (bicyclic) bond motifs is 2. The summed E-state index contributed by atoms with van der Waals surface area (Å²) in [6.45, 7) is 2.48. The van der Waals surface area contributed by atoms with Crippen LogP contribution in [0.4, 0.5) is 5.69 Å². The van der Waals surface area contributed by atoms with Crippen LogP contribution in [0, 0.1) is 0 Å². The van der Waals surface area contributed by atoms with Crippen molar-refractivity contribution in [3.05, 3.63) is 60.4 Å². The highest BCUT2D eigenvalue weighted by Gasteiger charge is 2.49. The molecule has 2 aliphatic rings. The topological polar surface area (TPSA) is 87.3 Å². The highest BCUT2D eigenvalue weighted by Crippen LogP contribution is 2.35. The van der Waals surface area contributed by atoms with Gasteiger partial charge >= 0.3 is 0 Å². The van der Waals surface area contributed by atoms with Crippen molar-refractivity contribution >= 4 is 34.1 Å². The maximum absolute atomic E-state index is 13.2. The van der Waals surface area contributed by atoms with Gasteiger partial charge in [-0.1, -0.05) is 18.2 Å². The lowest BCUT2D eigenvalue weighted by molar-refractivity contribution is -0.154. The van der Waals surface area contributed by atoms with Crippen molar-refractivity contribution < 1.29 is 14.3 Å². The van der Waals surface area contributed by atoms with Crippen LogP contribution in [0.3, 0.4) is 0 Å². The second-order valence-corrected chi connectivity index (χ2v) is 7.42. The molecular weight excluding hydrogens is 368 g/mol. The third-order valence-corrected chi connectivity index (χ3v) is 5.58. The molecule has 7 nitrogen and oxygen atoms in total. The molecule has 0 radical (unpaired) electrons. The molecule has 2 N–H and O–H groups in total. The number of nitrogens with one attached hydrogen (secondary N) is 2. The van der Waals surface area contributed by atoms with E-state index in [4.69, 9.17) is 4.74 Å². The van der Waals surface area contributed by atoms with Gasteiger partial charge in [0, 0.05) is 36.4 Å². The van der Waals surface area contributed by atoms with Crippen LogP contribution in [-0.2, 0) is 9.59 Å². The number of carbonyl (C=O) groups is 2. The molecule has 7 heteroatoms. The van der Waals surface area contributed by atoms with E-state index < -0.39 is 11.5 Å². The Morgan fingerprint density at radius 2 is 2.10 bits per heavy atom. The minimum Gasteiger partial charge on any atom is -0.466 e. The van der Waals surface area contributed by atoms with Gasteiger partial charge in [0.15, 0.2) is 0 Å². The number of nitrogens with zero attached hydrogens (tertiary/aromatic N) is 2. The van der Waals surface area contributed by atoms with E-state index in [2.05, 4.69) is 15.3 Å². The Hall–Kier alpha value is -3.61. The molecule has 1 aromatic carbocycles. The number of aromatic amines is 1. The quantitative estimate of drug-likeness (QED) is 0.661. The van der Waals surface area contributed by atoms with Crippen LogP contribution >= 0.6 is 0 Å². The van der Waals surface area contributed by atoms with E-state index in [1.165, 1.54) is 6.92 Å². The highest BCUT2D eigenvalue weighted by molar-refractivity contribution is 6.15. The summed E-state index contributed by atoms with van der Waals surface area (Å²) in [5.74, 6) is -0.276. The van der Waals surface area contributed by atoms with Crippen LogP contribution in [0.1, 0.15) is 18.9 Å². The van der Waals surface area contributed by atoms with Gasteiger partial charge in [-0.15, -0.1) is 0 Å². The molecule has 0 saturated carbocycles. The van der Waals surface area contributed by atoms with E-state index >= 15 is 0 Å². The maximum Gasteiger partial charge on any atom is 0.278 e. The lowest BCUT2D eigenvalue weighted by Crippen LogP contribution is -2.60. The first-order valence-corrected chi connectivity index (χ1v) is 9.56. The molecule has 3 aromatic rings. The molecule has 0 saturated heterocycles. The molecule has 0 fully saturated rings.